The average molecular weight is 1640 g/mol. The molecule has 0 radical (unpaired) electrons. The lowest BCUT2D eigenvalue weighted by Crippen LogP contribution is -2.23. The molecule has 0 saturated heterocycles. The van der Waals surface area contributed by atoms with Crippen LogP contribution in [0.3, 0.4) is 0 Å². The minimum Gasteiger partial charge on any atom is -0.399 e. The van der Waals surface area contributed by atoms with E-state index < -0.39 is 0 Å². The Labute approximate surface area is 704 Å². The molecule has 0 aliphatic heterocycles. The second-order valence-corrected chi connectivity index (χ2v) is 29.0. The van der Waals surface area contributed by atoms with Gasteiger partial charge in [0.05, 0.1) is 55.9 Å². The van der Waals surface area contributed by atoms with Crippen LogP contribution in [0.25, 0.3) is 0 Å². The normalized spacial score (nSPS) is 13.1. The Kier molecular flexibility index (Phi) is 21.1. The predicted octanol–water partition coefficient (Wildman–Crippen LogP) is 12.2. The highest BCUT2D eigenvalue weighted by Gasteiger charge is 2.39. The number of benzene rings is 14. The van der Waals surface area contributed by atoms with Crippen LogP contribution >= 0.6 is 0 Å². The van der Waals surface area contributed by atoms with Gasteiger partial charge in [-0.2, -0.15) is 0 Å². The molecule has 0 spiro atoms. The number of anilines is 12. The van der Waals surface area contributed by atoms with Gasteiger partial charge in [-0.25, -0.2) is 0 Å². The molecule has 124 heavy (non-hydrogen) atoms. The molecule has 24 N–H and O–H groups in total. The highest BCUT2D eigenvalue weighted by atomic mass is 16.2. The van der Waals surface area contributed by atoms with Gasteiger partial charge in [0.15, 0.2) is 81.0 Å². The lowest BCUT2D eigenvalue weighted by atomic mass is 9.82. The molecule has 26 nitrogen and oxygen atoms in total. The van der Waals surface area contributed by atoms with Crippen LogP contribution in [0.2, 0.25) is 0 Å². The summed E-state index contributed by atoms with van der Waals surface area (Å²) in [5.74, 6) is -2.84. The molecule has 26 heteroatoms. The van der Waals surface area contributed by atoms with Crippen LogP contribution in [0, 0.1) is 0 Å². The summed E-state index contributed by atoms with van der Waals surface area (Å²) < 4.78 is 0. The lowest BCUT2D eigenvalue weighted by molar-refractivity contribution is 0.0979. The van der Waals surface area contributed by atoms with Gasteiger partial charge in [-0.3, -0.25) is 67.1 Å². The van der Waals surface area contributed by atoms with E-state index in [9.17, 15) is 67.1 Å². The van der Waals surface area contributed by atoms with Gasteiger partial charge in [0.1, 0.15) is 0 Å². The van der Waals surface area contributed by atoms with E-state index >= 15 is 0 Å². The van der Waals surface area contributed by atoms with Crippen molar-refractivity contribution >= 4 is 149 Å². The topological polar surface area (TPSA) is 551 Å². The summed E-state index contributed by atoms with van der Waals surface area (Å²) in [6.45, 7) is 0. The zero-order valence-corrected chi connectivity index (χ0v) is 65.0. The first-order valence-electron chi connectivity index (χ1n) is 37.9. The number of rotatable bonds is 0. The summed E-state index contributed by atoms with van der Waals surface area (Å²) in [6.07, 6.45) is 0. The summed E-state index contributed by atoms with van der Waals surface area (Å²) in [6, 6.07) is 72.0. The van der Waals surface area contributed by atoms with E-state index in [-0.39, 0.29) is 137 Å². The van der Waals surface area contributed by atoms with Crippen molar-refractivity contribution in [1.29, 1.82) is 0 Å². The maximum Gasteiger partial charge on any atom is 0.198 e. The maximum atomic E-state index is 12.4. The number of hydrogen-bond donors (Lipinski definition) is 12. The van der Waals surface area contributed by atoms with Crippen molar-refractivity contribution in [1.82, 2.24) is 0 Å². The SMILES string of the molecule is Nc1ccc(N)c2c1C(=O)c1ccccc1C2=O.Nc1ccc2c(c1)C(=O)c1ccc(N)cc1C2=O.Nc1ccc2c(c1)C(=O)c1ccccc1C2=O.Nc1ccc2c(c1N)C(=O)c1ccccc1C2=O.Nc1cccc2c1C(=O)c1c(N)cccc1C2=O.Nc1cccc2c1C(=O)c1cccc(N)c1C2=O.Nc1cccc2c1C(=O)c1ccccc1C2=O. The van der Waals surface area contributed by atoms with Crippen molar-refractivity contribution in [3.8, 4) is 0 Å². The summed E-state index contributed by atoms with van der Waals surface area (Å²) in [5.41, 5.74) is 82.8. The summed E-state index contributed by atoms with van der Waals surface area (Å²) in [4.78, 5) is 172. The zero-order valence-electron chi connectivity index (χ0n) is 65.0. The third-order valence-corrected chi connectivity index (χ3v) is 21.6. The molecule has 0 fully saturated rings. The second-order valence-electron chi connectivity index (χ2n) is 29.0. The number of carbonyl (C=O) groups excluding carboxylic acids is 14. The fraction of sp³-hybridized carbons (Fsp3) is 0. The van der Waals surface area contributed by atoms with E-state index in [0.717, 1.165) is 0 Å². The Morgan fingerprint density at radius 1 is 0.121 bits per heavy atom. The first kappa shape index (κ1) is 81.2. The number of ketones is 14. The van der Waals surface area contributed by atoms with Crippen LogP contribution in [0.15, 0.2) is 267 Å². The van der Waals surface area contributed by atoms with Crippen LogP contribution in [0.5, 0.6) is 0 Å². The smallest absolute Gasteiger partial charge is 0.198 e. The number of nitrogen functional groups attached to an aromatic ring is 12. The van der Waals surface area contributed by atoms with E-state index in [1.165, 1.54) is 12.1 Å². The van der Waals surface area contributed by atoms with Gasteiger partial charge in [0.25, 0.3) is 0 Å². The number of hydrogen-bond acceptors (Lipinski definition) is 26. The summed E-state index contributed by atoms with van der Waals surface area (Å²) in [7, 11) is 0. The average Bonchev–Trinajstić information content (AvgIpc) is 0.689. The highest BCUT2D eigenvalue weighted by Crippen LogP contribution is 2.40. The number of nitrogens with two attached hydrogens (primary N) is 12. The van der Waals surface area contributed by atoms with Gasteiger partial charge in [-0.1, -0.05) is 158 Å². The second kappa shape index (κ2) is 32.2. The molecule has 21 rings (SSSR count). The van der Waals surface area contributed by atoms with Crippen molar-refractivity contribution in [2.75, 3.05) is 68.8 Å². The summed E-state index contributed by atoms with van der Waals surface area (Å²) >= 11 is 0. The molecular formula is C98H68N12O14. The van der Waals surface area contributed by atoms with Crippen molar-refractivity contribution in [2.24, 2.45) is 0 Å². The Bertz CT molecular complexity index is 6930. The van der Waals surface area contributed by atoms with Crippen LogP contribution in [-0.4, -0.2) is 81.0 Å². The monoisotopic (exact) mass is 1640 g/mol. The van der Waals surface area contributed by atoms with Crippen LogP contribution in [0.1, 0.15) is 223 Å². The molecule has 0 amide bonds. The van der Waals surface area contributed by atoms with Gasteiger partial charge in [-0.05, 0) is 109 Å². The van der Waals surface area contributed by atoms with Crippen molar-refractivity contribution in [2.45, 2.75) is 0 Å². The zero-order chi connectivity index (χ0) is 88.3. The third-order valence-electron chi connectivity index (χ3n) is 21.6. The van der Waals surface area contributed by atoms with E-state index in [2.05, 4.69) is 0 Å². The first-order chi connectivity index (χ1) is 59.4. The minimum absolute atomic E-state index is 0.116. The molecule has 14 aromatic carbocycles. The standard InChI is InChI=1S/5C14H10N2O2.2C14H9NO2/c15-7-1-3-9-11(5-7)14(18)10-4-2-8(16)6-12(10)13(9)17;15-9-5-1-3-7-11(9)14(18)8-4-2-6-10(16)12(8)13(7)17;15-9-5-1-3-7-11(9)14(18)12-8(13(7)17)4-2-6-10(12)16;15-9-5-6-10(16)12-11(9)13(17)7-3-1-2-4-8(7)14(12)18;15-10-6-5-9-11(12(10)16)14(18)8-4-2-1-3-7(8)13(9)17;15-11-7-3-6-10-12(11)14(17)9-5-2-1-4-8(9)13(10)16;15-8-5-6-11-12(7-8)14(17)10-4-2-1-3-9(10)13(11)16/h5*1-6H,15-16H2;2*1-7H,15H2. The van der Waals surface area contributed by atoms with Gasteiger partial charge in [0.2, 0.25) is 0 Å². The molecule has 0 bridgehead atoms. The van der Waals surface area contributed by atoms with Crippen molar-refractivity contribution in [3.63, 3.8) is 0 Å². The summed E-state index contributed by atoms with van der Waals surface area (Å²) in [5, 5.41) is 0. The highest BCUT2D eigenvalue weighted by molar-refractivity contribution is 6.36. The van der Waals surface area contributed by atoms with E-state index in [0.29, 0.717) is 168 Å². The Balaban J connectivity index is 0.000000112. The first-order valence-corrected chi connectivity index (χ1v) is 37.9. The maximum absolute atomic E-state index is 12.4. The fourth-order valence-corrected chi connectivity index (χ4v) is 15.6. The Morgan fingerprint density at radius 3 is 0.581 bits per heavy atom. The van der Waals surface area contributed by atoms with Crippen LogP contribution in [-0.2, 0) is 0 Å². The van der Waals surface area contributed by atoms with Crippen molar-refractivity contribution < 1.29 is 67.1 Å². The van der Waals surface area contributed by atoms with Gasteiger partial charge >= 0.3 is 0 Å². The third kappa shape index (κ3) is 14.0. The lowest BCUT2D eigenvalue weighted by Gasteiger charge is -2.20. The number of carbonyl (C=O) groups is 14. The molecule has 0 heterocycles. The van der Waals surface area contributed by atoms with E-state index in [1.807, 2.05) is 0 Å². The quantitative estimate of drug-likeness (QED) is 0.0627. The predicted molar refractivity (Wildman–Crippen MR) is 471 cm³/mol. The molecule has 0 aromatic heterocycles. The Hall–Kier alpha value is -17.9. The number of fused-ring (bicyclic) bond motifs is 14. The van der Waals surface area contributed by atoms with Gasteiger partial charge < -0.3 is 68.8 Å². The minimum atomic E-state index is -0.282. The molecule has 7 aliphatic carbocycles. The fourth-order valence-electron chi connectivity index (χ4n) is 15.6. The largest absolute Gasteiger partial charge is 0.399 e. The van der Waals surface area contributed by atoms with E-state index in [1.54, 1.807) is 255 Å². The van der Waals surface area contributed by atoms with E-state index in [4.69, 9.17) is 68.8 Å². The Morgan fingerprint density at radius 2 is 0.290 bits per heavy atom. The molecule has 0 unspecified atom stereocenters. The van der Waals surface area contributed by atoms with Crippen LogP contribution < -0.4 is 68.8 Å². The molecule has 14 aromatic rings. The molecule has 7 aliphatic rings. The molecule has 0 saturated carbocycles. The van der Waals surface area contributed by atoms with Gasteiger partial charge in [0, 0.05) is 168 Å². The molecule has 604 valence electrons. The van der Waals surface area contributed by atoms with Gasteiger partial charge in [-0.15, -0.1) is 0 Å². The van der Waals surface area contributed by atoms with Crippen molar-refractivity contribution in [3.05, 3.63) is 423 Å². The molecular weight excluding hydrogens is 1570 g/mol. The van der Waals surface area contributed by atoms with Crippen LogP contribution in [0.4, 0.5) is 68.2 Å². The molecule has 0 atom stereocenters.